The fraction of sp³-hybridized carbons (Fsp3) is 0.500. The maximum absolute atomic E-state index is 6.14. The summed E-state index contributed by atoms with van der Waals surface area (Å²) >= 11 is 0. The highest BCUT2D eigenvalue weighted by Crippen LogP contribution is 2.17. The Hall–Kier alpha value is -1.06. The largest absolute Gasteiger partial charge is 0.497 e. The van der Waals surface area contributed by atoms with Crippen molar-refractivity contribution in [2.75, 3.05) is 13.7 Å². The van der Waals surface area contributed by atoms with Gasteiger partial charge in [-0.15, -0.1) is 0 Å². The zero-order chi connectivity index (χ0) is 11.3. The van der Waals surface area contributed by atoms with Gasteiger partial charge in [-0.05, 0) is 30.5 Å². The Morgan fingerprint density at radius 1 is 1.27 bits per heavy atom. The highest BCUT2D eigenvalue weighted by atomic mass is 16.5. The molecule has 84 valence electrons. The average Bonchev–Trinajstić information content (AvgIpc) is 2.30. The summed E-state index contributed by atoms with van der Waals surface area (Å²) in [5.41, 5.74) is 12.7. The summed E-state index contributed by atoms with van der Waals surface area (Å²) in [6.45, 7) is 2.58. The van der Waals surface area contributed by atoms with E-state index < -0.39 is 0 Å². The first-order valence-electron chi connectivity index (χ1n) is 5.25. The second-order valence-corrected chi connectivity index (χ2v) is 3.94. The third-order valence-electron chi connectivity index (χ3n) is 2.83. The Kier molecular flexibility index (Phi) is 4.12. The zero-order valence-corrected chi connectivity index (χ0v) is 9.49. The number of hydrogen-bond donors (Lipinski definition) is 2. The Bertz CT molecular complexity index is 291. The van der Waals surface area contributed by atoms with Crippen LogP contribution in [0.3, 0.4) is 0 Å². The molecule has 4 N–H and O–H groups in total. The lowest BCUT2D eigenvalue weighted by Crippen LogP contribution is -2.48. The standard InChI is InChI=1S/C12H20N2O/c1-3-12(14,9-13)8-10-4-6-11(15-2)7-5-10/h4-7H,3,8-9,13-14H2,1-2H3. The maximum Gasteiger partial charge on any atom is 0.118 e. The van der Waals surface area contributed by atoms with Gasteiger partial charge >= 0.3 is 0 Å². The SMILES string of the molecule is CCC(N)(CN)Cc1ccc(OC)cc1. The minimum absolute atomic E-state index is 0.283. The molecule has 0 aliphatic carbocycles. The molecule has 0 aliphatic heterocycles. The Balaban J connectivity index is 2.71. The van der Waals surface area contributed by atoms with E-state index in [0.717, 1.165) is 18.6 Å². The van der Waals surface area contributed by atoms with Crippen molar-refractivity contribution in [3.8, 4) is 5.75 Å². The lowest BCUT2D eigenvalue weighted by Gasteiger charge is -2.26. The molecule has 1 unspecified atom stereocenters. The Morgan fingerprint density at radius 2 is 1.87 bits per heavy atom. The van der Waals surface area contributed by atoms with E-state index in [1.54, 1.807) is 7.11 Å². The lowest BCUT2D eigenvalue weighted by molar-refractivity contribution is 0.410. The van der Waals surface area contributed by atoms with Crippen molar-refractivity contribution in [3.63, 3.8) is 0 Å². The smallest absolute Gasteiger partial charge is 0.118 e. The van der Waals surface area contributed by atoms with E-state index in [1.165, 1.54) is 5.56 Å². The van der Waals surface area contributed by atoms with E-state index >= 15 is 0 Å². The van der Waals surface area contributed by atoms with Gasteiger partial charge in [0.05, 0.1) is 7.11 Å². The van der Waals surface area contributed by atoms with E-state index in [2.05, 4.69) is 6.92 Å². The number of nitrogens with two attached hydrogens (primary N) is 2. The first-order valence-corrected chi connectivity index (χ1v) is 5.25. The molecule has 0 bridgehead atoms. The summed E-state index contributed by atoms with van der Waals surface area (Å²) < 4.78 is 5.10. The van der Waals surface area contributed by atoms with Gasteiger partial charge in [-0.2, -0.15) is 0 Å². The summed E-state index contributed by atoms with van der Waals surface area (Å²) in [5.74, 6) is 0.866. The van der Waals surface area contributed by atoms with Crippen LogP contribution in [0, 0.1) is 0 Å². The molecule has 1 aromatic carbocycles. The highest BCUT2D eigenvalue weighted by Gasteiger charge is 2.20. The number of rotatable bonds is 5. The second kappa shape index (κ2) is 5.14. The third-order valence-corrected chi connectivity index (χ3v) is 2.83. The predicted molar refractivity (Wildman–Crippen MR) is 63.0 cm³/mol. The van der Waals surface area contributed by atoms with Crippen LogP contribution in [0.25, 0.3) is 0 Å². The maximum atomic E-state index is 6.14. The van der Waals surface area contributed by atoms with Crippen molar-refractivity contribution in [1.29, 1.82) is 0 Å². The van der Waals surface area contributed by atoms with Gasteiger partial charge < -0.3 is 16.2 Å². The van der Waals surface area contributed by atoms with E-state index in [4.69, 9.17) is 16.2 Å². The van der Waals surface area contributed by atoms with E-state index in [0.29, 0.717) is 6.54 Å². The van der Waals surface area contributed by atoms with Crippen molar-refractivity contribution < 1.29 is 4.74 Å². The molecule has 0 aromatic heterocycles. The lowest BCUT2D eigenvalue weighted by atomic mass is 9.89. The number of methoxy groups -OCH3 is 1. The normalized spacial score (nSPS) is 14.7. The first-order chi connectivity index (χ1) is 7.13. The molecule has 0 radical (unpaired) electrons. The van der Waals surface area contributed by atoms with E-state index in [9.17, 15) is 0 Å². The summed E-state index contributed by atoms with van der Waals surface area (Å²) in [6, 6.07) is 7.96. The van der Waals surface area contributed by atoms with Gasteiger partial charge in [-0.3, -0.25) is 0 Å². The van der Waals surface area contributed by atoms with Crippen molar-refractivity contribution in [2.45, 2.75) is 25.3 Å². The van der Waals surface area contributed by atoms with Crippen LogP contribution in [0.1, 0.15) is 18.9 Å². The first kappa shape index (κ1) is 12.0. The van der Waals surface area contributed by atoms with Crippen molar-refractivity contribution >= 4 is 0 Å². The van der Waals surface area contributed by atoms with Crippen molar-refractivity contribution in [3.05, 3.63) is 29.8 Å². The molecule has 1 atom stereocenters. The van der Waals surface area contributed by atoms with Gasteiger partial charge in [-0.1, -0.05) is 19.1 Å². The molecule has 0 fully saturated rings. The van der Waals surface area contributed by atoms with Crippen LogP contribution in [0.5, 0.6) is 5.75 Å². The van der Waals surface area contributed by atoms with Crippen LogP contribution in [-0.2, 0) is 6.42 Å². The fourth-order valence-electron chi connectivity index (χ4n) is 1.49. The van der Waals surface area contributed by atoms with E-state index in [-0.39, 0.29) is 5.54 Å². The minimum atomic E-state index is -0.283. The quantitative estimate of drug-likeness (QED) is 0.766. The summed E-state index contributed by atoms with van der Waals surface area (Å²) in [6.07, 6.45) is 1.69. The van der Waals surface area contributed by atoms with Gasteiger partial charge in [0, 0.05) is 12.1 Å². The van der Waals surface area contributed by atoms with Gasteiger partial charge in [0.1, 0.15) is 5.75 Å². The molecule has 0 aliphatic rings. The summed E-state index contributed by atoms with van der Waals surface area (Å²) in [4.78, 5) is 0. The average molecular weight is 208 g/mol. The van der Waals surface area contributed by atoms with Crippen molar-refractivity contribution in [2.24, 2.45) is 11.5 Å². The van der Waals surface area contributed by atoms with Crippen molar-refractivity contribution in [1.82, 2.24) is 0 Å². The van der Waals surface area contributed by atoms with Crippen LogP contribution in [0.15, 0.2) is 24.3 Å². The minimum Gasteiger partial charge on any atom is -0.497 e. The molecule has 3 heteroatoms. The third kappa shape index (κ3) is 3.22. The predicted octanol–water partition coefficient (Wildman–Crippen LogP) is 1.30. The molecule has 0 saturated carbocycles. The molecule has 1 aromatic rings. The highest BCUT2D eigenvalue weighted by molar-refractivity contribution is 5.28. The molecule has 0 saturated heterocycles. The van der Waals surface area contributed by atoms with Crippen LogP contribution in [0.2, 0.25) is 0 Å². The number of benzene rings is 1. The van der Waals surface area contributed by atoms with Gasteiger partial charge in [0.25, 0.3) is 0 Å². The zero-order valence-electron chi connectivity index (χ0n) is 9.49. The molecule has 3 nitrogen and oxygen atoms in total. The summed E-state index contributed by atoms with van der Waals surface area (Å²) in [7, 11) is 1.66. The molecule has 15 heavy (non-hydrogen) atoms. The van der Waals surface area contributed by atoms with Gasteiger partial charge in [0.15, 0.2) is 0 Å². The Labute approximate surface area is 91.4 Å². The second-order valence-electron chi connectivity index (χ2n) is 3.94. The molecule has 0 heterocycles. The number of ether oxygens (including phenoxy) is 1. The van der Waals surface area contributed by atoms with Crippen LogP contribution < -0.4 is 16.2 Å². The van der Waals surface area contributed by atoms with Crippen LogP contribution >= 0.6 is 0 Å². The van der Waals surface area contributed by atoms with Crippen LogP contribution in [0.4, 0.5) is 0 Å². The van der Waals surface area contributed by atoms with Crippen LogP contribution in [-0.4, -0.2) is 19.2 Å². The van der Waals surface area contributed by atoms with E-state index in [1.807, 2.05) is 24.3 Å². The van der Waals surface area contributed by atoms with Gasteiger partial charge in [-0.25, -0.2) is 0 Å². The topological polar surface area (TPSA) is 61.3 Å². The summed E-state index contributed by atoms with van der Waals surface area (Å²) in [5, 5.41) is 0. The molecule has 1 rings (SSSR count). The molecule has 0 amide bonds. The molecular weight excluding hydrogens is 188 g/mol. The van der Waals surface area contributed by atoms with Gasteiger partial charge in [0.2, 0.25) is 0 Å². The molecule has 0 spiro atoms. The Morgan fingerprint density at radius 3 is 2.27 bits per heavy atom. The number of hydrogen-bond acceptors (Lipinski definition) is 3. The monoisotopic (exact) mass is 208 g/mol. The molecular formula is C12H20N2O. The fourth-order valence-corrected chi connectivity index (χ4v) is 1.49.